The van der Waals surface area contributed by atoms with Gasteiger partial charge in [0, 0.05) is 26.1 Å². The molecule has 0 radical (unpaired) electrons. The second-order valence-electron chi connectivity index (χ2n) is 5.10. The van der Waals surface area contributed by atoms with Gasteiger partial charge in [0.25, 0.3) is 0 Å². The zero-order valence-corrected chi connectivity index (χ0v) is 11.4. The van der Waals surface area contributed by atoms with Crippen molar-refractivity contribution in [3.8, 4) is 0 Å². The van der Waals surface area contributed by atoms with Crippen molar-refractivity contribution in [2.75, 3.05) is 26.7 Å². The van der Waals surface area contributed by atoms with E-state index in [-0.39, 0.29) is 11.8 Å². The number of rotatable bonds is 4. The molecule has 0 spiro atoms. The summed E-state index contributed by atoms with van der Waals surface area (Å²) in [5, 5.41) is 19.5. The minimum Gasteiger partial charge on any atom is -0.392 e. The van der Waals surface area contributed by atoms with Gasteiger partial charge in [0.2, 0.25) is 5.91 Å². The van der Waals surface area contributed by atoms with Crippen molar-refractivity contribution in [1.29, 1.82) is 0 Å². The third-order valence-corrected chi connectivity index (χ3v) is 3.41. The minimum atomic E-state index is -0.540. The SMILES string of the molecule is Cc1nc(CCNC(=O)[C@@H]2CN(C)CC[C@@H]2O)n[nH]1. The van der Waals surface area contributed by atoms with Gasteiger partial charge in [-0.3, -0.25) is 9.89 Å². The van der Waals surface area contributed by atoms with E-state index >= 15 is 0 Å². The Hall–Kier alpha value is -1.47. The van der Waals surface area contributed by atoms with E-state index < -0.39 is 6.10 Å². The average molecular weight is 267 g/mol. The highest BCUT2D eigenvalue weighted by Crippen LogP contribution is 2.15. The molecule has 0 unspecified atom stereocenters. The van der Waals surface area contributed by atoms with Gasteiger partial charge in [0.05, 0.1) is 12.0 Å². The Morgan fingerprint density at radius 1 is 1.63 bits per heavy atom. The number of hydrogen-bond donors (Lipinski definition) is 3. The molecule has 2 atom stereocenters. The molecule has 7 nitrogen and oxygen atoms in total. The number of hydrogen-bond acceptors (Lipinski definition) is 5. The van der Waals surface area contributed by atoms with Crippen LogP contribution in [-0.2, 0) is 11.2 Å². The van der Waals surface area contributed by atoms with Crippen molar-refractivity contribution in [2.45, 2.75) is 25.9 Å². The number of carbonyl (C=O) groups is 1. The molecular weight excluding hydrogens is 246 g/mol. The fourth-order valence-corrected chi connectivity index (χ4v) is 2.29. The maximum absolute atomic E-state index is 12.0. The number of aliphatic hydroxyl groups excluding tert-OH is 1. The molecule has 2 heterocycles. The predicted octanol–water partition coefficient (Wildman–Crippen LogP) is -0.916. The summed E-state index contributed by atoms with van der Waals surface area (Å²) >= 11 is 0. The maximum atomic E-state index is 12.0. The number of amides is 1. The molecule has 7 heteroatoms. The van der Waals surface area contributed by atoms with Crippen LogP contribution in [0, 0.1) is 12.8 Å². The monoisotopic (exact) mass is 267 g/mol. The number of H-pyrrole nitrogens is 1. The van der Waals surface area contributed by atoms with E-state index in [1.165, 1.54) is 0 Å². The van der Waals surface area contributed by atoms with Crippen LogP contribution in [0.15, 0.2) is 0 Å². The third kappa shape index (κ3) is 3.74. The Labute approximate surface area is 112 Å². The quantitative estimate of drug-likeness (QED) is 0.656. The number of carbonyl (C=O) groups excluding carboxylic acids is 1. The van der Waals surface area contributed by atoms with Crippen LogP contribution in [0.5, 0.6) is 0 Å². The first-order chi connectivity index (χ1) is 9.06. The highest BCUT2D eigenvalue weighted by molar-refractivity contribution is 5.79. The summed E-state index contributed by atoms with van der Waals surface area (Å²) in [6.45, 7) is 3.76. The zero-order chi connectivity index (χ0) is 13.8. The second-order valence-corrected chi connectivity index (χ2v) is 5.10. The van der Waals surface area contributed by atoms with Crippen molar-refractivity contribution in [1.82, 2.24) is 25.4 Å². The molecule has 1 aliphatic rings. The summed E-state index contributed by atoms with van der Waals surface area (Å²) in [5.41, 5.74) is 0. The van der Waals surface area contributed by atoms with Crippen LogP contribution in [0.25, 0.3) is 0 Å². The van der Waals surface area contributed by atoms with E-state index in [1.54, 1.807) is 0 Å². The number of likely N-dealkylation sites (tertiary alicyclic amines) is 1. The molecule has 0 aromatic carbocycles. The van der Waals surface area contributed by atoms with Crippen molar-refractivity contribution in [3.63, 3.8) is 0 Å². The van der Waals surface area contributed by atoms with Crippen LogP contribution in [0.4, 0.5) is 0 Å². The zero-order valence-electron chi connectivity index (χ0n) is 11.4. The van der Waals surface area contributed by atoms with Gasteiger partial charge in [0.15, 0.2) is 5.82 Å². The van der Waals surface area contributed by atoms with Crippen LogP contribution in [-0.4, -0.2) is 63.9 Å². The second kappa shape index (κ2) is 6.12. The van der Waals surface area contributed by atoms with Gasteiger partial charge in [0.1, 0.15) is 5.82 Å². The molecular formula is C12H21N5O2. The molecule has 1 aliphatic heterocycles. The largest absolute Gasteiger partial charge is 0.392 e. The third-order valence-electron chi connectivity index (χ3n) is 3.41. The smallest absolute Gasteiger partial charge is 0.227 e. The maximum Gasteiger partial charge on any atom is 0.227 e. The lowest BCUT2D eigenvalue weighted by Gasteiger charge is -2.32. The average Bonchev–Trinajstić information content (AvgIpc) is 2.78. The molecule has 106 valence electrons. The Morgan fingerprint density at radius 2 is 2.42 bits per heavy atom. The number of aromatic amines is 1. The van der Waals surface area contributed by atoms with Crippen LogP contribution >= 0.6 is 0 Å². The topological polar surface area (TPSA) is 94.1 Å². The molecule has 2 rings (SSSR count). The Morgan fingerprint density at radius 3 is 3.11 bits per heavy atom. The van der Waals surface area contributed by atoms with E-state index in [4.69, 9.17) is 0 Å². The number of aliphatic hydroxyl groups is 1. The first kappa shape index (κ1) is 14.0. The molecule has 1 fully saturated rings. The van der Waals surface area contributed by atoms with Crippen molar-refractivity contribution >= 4 is 5.91 Å². The highest BCUT2D eigenvalue weighted by Gasteiger charge is 2.31. The molecule has 1 amide bonds. The van der Waals surface area contributed by atoms with Gasteiger partial charge in [-0.15, -0.1) is 0 Å². The highest BCUT2D eigenvalue weighted by atomic mass is 16.3. The van der Waals surface area contributed by atoms with Gasteiger partial charge in [-0.25, -0.2) is 4.98 Å². The molecule has 0 bridgehead atoms. The molecule has 1 aromatic heterocycles. The first-order valence-electron chi connectivity index (χ1n) is 6.58. The van der Waals surface area contributed by atoms with Crippen molar-refractivity contribution in [3.05, 3.63) is 11.6 Å². The fraction of sp³-hybridized carbons (Fsp3) is 0.750. The number of aromatic nitrogens is 3. The van der Waals surface area contributed by atoms with Crippen molar-refractivity contribution in [2.24, 2.45) is 5.92 Å². The van der Waals surface area contributed by atoms with E-state index in [9.17, 15) is 9.90 Å². The number of nitrogens with zero attached hydrogens (tertiary/aromatic N) is 3. The van der Waals surface area contributed by atoms with Crippen LogP contribution in [0.2, 0.25) is 0 Å². The Balaban J connectivity index is 1.77. The van der Waals surface area contributed by atoms with Crippen molar-refractivity contribution < 1.29 is 9.90 Å². The standard InChI is InChI=1S/C12H21N5O2/c1-8-14-11(16-15-8)3-5-13-12(19)9-7-17(2)6-4-10(9)18/h9-10,18H,3-7H2,1-2H3,(H,13,19)(H,14,15,16)/t9-,10+/m1/s1. The van der Waals surface area contributed by atoms with E-state index in [0.29, 0.717) is 31.8 Å². The van der Waals surface area contributed by atoms with Crippen LogP contribution in [0.3, 0.4) is 0 Å². The summed E-state index contributed by atoms with van der Waals surface area (Å²) in [5.74, 6) is 1.03. The molecule has 19 heavy (non-hydrogen) atoms. The van der Waals surface area contributed by atoms with Crippen LogP contribution < -0.4 is 5.32 Å². The summed E-state index contributed by atoms with van der Waals surface area (Å²) in [4.78, 5) is 18.2. The molecule has 0 aliphatic carbocycles. The summed E-state index contributed by atoms with van der Waals surface area (Å²) in [7, 11) is 1.96. The summed E-state index contributed by atoms with van der Waals surface area (Å²) in [6.07, 6.45) is 0.700. The van der Waals surface area contributed by atoms with Crippen LogP contribution in [0.1, 0.15) is 18.1 Å². The lowest BCUT2D eigenvalue weighted by atomic mass is 9.94. The summed E-state index contributed by atoms with van der Waals surface area (Å²) < 4.78 is 0. The van der Waals surface area contributed by atoms with Gasteiger partial charge >= 0.3 is 0 Å². The van der Waals surface area contributed by atoms with E-state index in [2.05, 4.69) is 25.4 Å². The summed E-state index contributed by atoms with van der Waals surface area (Å²) in [6, 6.07) is 0. The number of nitrogens with one attached hydrogen (secondary N) is 2. The molecule has 3 N–H and O–H groups in total. The van der Waals surface area contributed by atoms with E-state index in [0.717, 1.165) is 12.4 Å². The van der Waals surface area contributed by atoms with E-state index in [1.807, 2.05) is 14.0 Å². The molecule has 1 saturated heterocycles. The number of aryl methyl sites for hydroxylation is 1. The first-order valence-corrected chi connectivity index (χ1v) is 6.58. The Bertz CT molecular complexity index is 434. The van der Waals surface area contributed by atoms with Gasteiger partial charge < -0.3 is 15.3 Å². The Kier molecular flexibility index (Phi) is 4.49. The fourth-order valence-electron chi connectivity index (χ4n) is 2.29. The molecule has 1 aromatic rings. The van der Waals surface area contributed by atoms with Gasteiger partial charge in [-0.2, -0.15) is 5.10 Å². The lowest BCUT2D eigenvalue weighted by molar-refractivity contribution is -0.131. The van der Waals surface area contributed by atoms with Gasteiger partial charge in [-0.1, -0.05) is 0 Å². The number of piperidine rings is 1. The minimum absolute atomic E-state index is 0.0914. The predicted molar refractivity (Wildman–Crippen MR) is 69.4 cm³/mol. The van der Waals surface area contributed by atoms with Gasteiger partial charge in [-0.05, 0) is 20.4 Å². The molecule has 0 saturated carbocycles. The lowest BCUT2D eigenvalue weighted by Crippen LogP contribution is -2.49. The normalized spacial score (nSPS) is 24.4.